The van der Waals surface area contributed by atoms with Gasteiger partial charge in [-0.2, -0.15) is 0 Å². The Morgan fingerprint density at radius 2 is 1.00 bits per heavy atom. The Morgan fingerprint density at radius 3 is 1.72 bits per heavy atom. The lowest BCUT2D eigenvalue weighted by atomic mass is 9.43. The van der Waals surface area contributed by atoms with Gasteiger partial charge in [-0.25, -0.2) is 4.98 Å². The molecule has 58 heavy (non-hydrogen) atoms. The zero-order valence-electron chi connectivity index (χ0n) is 32.3. The van der Waals surface area contributed by atoms with Crippen molar-refractivity contribution in [3.63, 3.8) is 0 Å². The summed E-state index contributed by atoms with van der Waals surface area (Å²) < 4.78 is 4.87. The van der Waals surface area contributed by atoms with E-state index in [2.05, 4.69) is 167 Å². The van der Waals surface area contributed by atoms with E-state index in [4.69, 9.17) is 4.98 Å². The first-order valence-corrected chi connectivity index (χ1v) is 21.4. The fourth-order valence-corrected chi connectivity index (χ4v) is 13.3. The molecular weight excluding hydrogens is 703 g/mol. The quantitative estimate of drug-likeness (QED) is 0.177. The molecule has 15 rings (SSSR count). The van der Waals surface area contributed by atoms with Crippen LogP contribution in [0.25, 0.3) is 88.1 Å². The molecule has 7 aromatic carbocycles. The van der Waals surface area contributed by atoms with Crippen LogP contribution in [-0.2, 0) is 5.41 Å². The Morgan fingerprint density at radius 1 is 0.431 bits per heavy atom. The summed E-state index contributed by atoms with van der Waals surface area (Å²) in [6.07, 6.45) is 9.06. The minimum Gasteiger partial charge on any atom is -0.309 e. The van der Waals surface area contributed by atoms with Crippen LogP contribution in [0.4, 0.5) is 0 Å². The number of pyridine rings is 1. The van der Waals surface area contributed by atoms with Crippen LogP contribution in [0.1, 0.15) is 43.2 Å². The second kappa shape index (κ2) is 11.4. The standard InChI is InChI=1S/C55H41N3/c1-2-10-38-32-56-54(30-35(38)9-1)58-51-16-8-5-13-45(51)47-29-37(18-22-53(47)58)36-17-21-52-46(28-36)44-12-4-7-15-50(44)57(52)41-19-20-43-42-11-3-6-14-48(42)55(49(43)31-41)39-24-33-23-34(26-39)27-40(55)25-33/h1-22,28-34,39-40H,23-27H2. The van der Waals surface area contributed by atoms with E-state index in [0.29, 0.717) is 0 Å². The van der Waals surface area contributed by atoms with Gasteiger partial charge in [0.15, 0.2) is 0 Å². The fraction of sp³-hybridized carbons (Fsp3) is 0.182. The van der Waals surface area contributed by atoms with Crippen LogP contribution in [0.5, 0.6) is 0 Å². The van der Waals surface area contributed by atoms with Crippen molar-refractivity contribution < 1.29 is 0 Å². The van der Waals surface area contributed by atoms with Gasteiger partial charge in [-0.05, 0) is 149 Å². The number of hydrogen-bond acceptors (Lipinski definition) is 1. The number of para-hydroxylation sites is 2. The lowest BCUT2D eigenvalue weighted by Crippen LogP contribution is -2.55. The average Bonchev–Trinajstić information content (AvgIpc) is 3.89. The molecule has 276 valence electrons. The lowest BCUT2D eigenvalue weighted by molar-refractivity contribution is -0.0399. The molecule has 0 aliphatic heterocycles. The fourth-order valence-electron chi connectivity index (χ4n) is 13.3. The number of hydrogen-bond donors (Lipinski definition) is 0. The molecule has 0 amide bonds. The third-order valence-corrected chi connectivity index (χ3v) is 15.3. The largest absolute Gasteiger partial charge is 0.309 e. The predicted octanol–water partition coefficient (Wildman–Crippen LogP) is 13.8. The SMILES string of the molecule is c1ccc2c(c1)-c1ccc(-n3c4ccccc4c4cc(-c5ccc6c(c5)c5ccccc5n6-c5cc6ccccc6cn5)ccc43)cc1C21C2CC3CC(C2)CC1C3. The first-order valence-electron chi connectivity index (χ1n) is 21.4. The van der Waals surface area contributed by atoms with Gasteiger partial charge in [-0.15, -0.1) is 0 Å². The molecule has 10 aromatic rings. The highest BCUT2D eigenvalue weighted by atomic mass is 15.1. The molecule has 0 atom stereocenters. The molecule has 5 aliphatic rings. The van der Waals surface area contributed by atoms with Crippen LogP contribution in [0.3, 0.4) is 0 Å². The van der Waals surface area contributed by atoms with Gasteiger partial charge in [0.25, 0.3) is 0 Å². The van der Waals surface area contributed by atoms with Crippen LogP contribution in [0.2, 0.25) is 0 Å². The van der Waals surface area contributed by atoms with Gasteiger partial charge >= 0.3 is 0 Å². The summed E-state index contributed by atoms with van der Waals surface area (Å²) >= 11 is 0. The number of nitrogens with zero attached hydrogens (tertiary/aromatic N) is 3. The van der Waals surface area contributed by atoms with E-state index in [1.54, 1.807) is 11.1 Å². The van der Waals surface area contributed by atoms with Crippen LogP contribution in [0, 0.1) is 23.7 Å². The molecule has 3 nitrogen and oxygen atoms in total. The molecule has 4 fully saturated rings. The summed E-state index contributed by atoms with van der Waals surface area (Å²) in [6.45, 7) is 0. The Kier molecular flexibility index (Phi) is 6.19. The third-order valence-electron chi connectivity index (χ3n) is 15.3. The van der Waals surface area contributed by atoms with Crippen molar-refractivity contribution in [3.8, 4) is 33.8 Å². The van der Waals surface area contributed by atoms with Gasteiger partial charge in [0.1, 0.15) is 5.82 Å². The first kappa shape index (κ1) is 31.6. The van der Waals surface area contributed by atoms with Crippen molar-refractivity contribution >= 4 is 54.4 Å². The Bertz CT molecular complexity index is 3350. The van der Waals surface area contributed by atoms with Crippen molar-refractivity contribution in [2.24, 2.45) is 23.7 Å². The van der Waals surface area contributed by atoms with Gasteiger partial charge in [0, 0.05) is 44.2 Å². The van der Waals surface area contributed by atoms with Crippen LogP contribution >= 0.6 is 0 Å². The summed E-state index contributed by atoms with van der Waals surface area (Å²) in [7, 11) is 0. The highest BCUT2D eigenvalue weighted by Gasteiger charge is 2.61. The van der Waals surface area contributed by atoms with E-state index < -0.39 is 0 Å². The maximum atomic E-state index is 4.95. The molecule has 4 bridgehead atoms. The molecule has 1 spiro atoms. The third kappa shape index (κ3) is 4.06. The molecule has 3 heterocycles. The summed E-state index contributed by atoms with van der Waals surface area (Å²) in [4.78, 5) is 4.95. The first-order chi connectivity index (χ1) is 28.7. The smallest absolute Gasteiger partial charge is 0.138 e. The predicted molar refractivity (Wildman–Crippen MR) is 239 cm³/mol. The normalized spacial score (nSPS) is 22.9. The molecular formula is C55H41N3. The van der Waals surface area contributed by atoms with Crippen molar-refractivity contribution in [1.29, 1.82) is 0 Å². The van der Waals surface area contributed by atoms with Gasteiger partial charge in [0.2, 0.25) is 0 Å². The van der Waals surface area contributed by atoms with Crippen molar-refractivity contribution in [2.75, 3.05) is 0 Å². The maximum Gasteiger partial charge on any atom is 0.138 e. The second-order valence-electron chi connectivity index (χ2n) is 18.0. The second-order valence-corrected chi connectivity index (χ2v) is 18.0. The summed E-state index contributed by atoms with van der Waals surface area (Å²) in [5, 5.41) is 7.42. The van der Waals surface area contributed by atoms with Gasteiger partial charge in [0.05, 0.1) is 22.1 Å². The molecule has 0 saturated heterocycles. The summed E-state index contributed by atoms with van der Waals surface area (Å²) in [6, 6.07) is 59.5. The van der Waals surface area contributed by atoms with E-state index in [-0.39, 0.29) is 5.41 Å². The average molecular weight is 744 g/mol. The van der Waals surface area contributed by atoms with E-state index in [1.807, 2.05) is 6.20 Å². The Balaban J connectivity index is 0.929. The molecule has 5 aliphatic carbocycles. The topological polar surface area (TPSA) is 22.8 Å². The van der Waals surface area contributed by atoms with Gasteiger partial charge in [-0.3, -0.25) is 4.57 Å². The van der Waals surface area contributed by atoms with Crippen LogP contribution < -0.4 is 0 Å². The highest BCUT2D eigenvalue weighted by Crippen LogP contribution is 2.69. The zero-order valence-corrected chi connectivity index (χ0v) is 32.3. The van der Waals surface area contributed by atoms with E-state index >= 15 is 0 Å². The number of fused-ring (bicyclic) bond motifs is 10. The van der Waals surface area contributed by atoms with Crippen LogP contribution in [-0.4, -0.2) is 14.1 Å². The maximum absolute atomic E-state index is 4.95. The number of benzene rings is 7. The number of aromatic nitrogens is 3. The highest BCUT2D eigenvalue weighted by molar-refractivity contribution is 6.13. The lowest BCUT2D eigenvalue weighted by Gasteiger charge is -2.61. The minimum atomic E-state index is 0.146. The number of rotatable bonds is 3. The monoisotopic (exact) mass is 743 g/mol. The van der Waals surface area contributed by atoms with E-state index in [0.717, 1.165) is 34.9 Å². The molecule has 4 saturated carbocycles. The molecule has 3 heteroatoms. The van der Waals surface area contributed by atoms with Gasteiger partial charge < -0.3 is 4.57 Å². The molecule has 0 unspecified atom stereocenters. The van der Waals surface area contributed by atoms with Crippen molar-refractivity contribution in [3.05, 3.63) is 175 Å². The van der Waals surface area contributed by atoms with Crippen molar-refractivity contribution in [1.82, 2.24) is 14.1 Å². The zero-order chi connectivity index (χ0) is 37.7. The van der Waals surface area contributed by atoms with Crippen LogP contribution in [0.15, 0.2) is 164 Å². The Hall–Kier alpha value is -6.45. The van der Waals surface area contributed by atoms with E-state index in [1.165, 1.54) is 109 Å². The minimum absolute atomic E-state index is 0.146. The Labute approximate surface area is 337 Å². The molecule has 0 N–H and O–H groups in total. The van der Waals surface area contributed by atoms with Crippen molar-refractivity contribution in [2.45, 2.75) is 37.5 Å². The van der Waals surface area contributed by atoms with Gasteiger partial charge in [-0.1, -0.05) is 103 Å². The summed E-state index contributed by atoms with van der Waals surface area (Å²) in [5.41, 5.74) is 14.9. The molecule has 3 aromatic heterocycles. The summed E-state index contributed by atoms with van der Waals surface area (Å²) in [5.74, 6) is 4.30. The molecule has 0 radical (unpaired) electrons. The van der Waals surface area contributed by atoms with E-state index in [9.17, 15) is 0 Å².